The average molecular weight is 331 g/mol. The second-order valence-corrected chi connectivity index (χ2v) is 6.87. The molecule has 0 atom stereocenters. The van der Waals surface area contributed by atoms with E-state index in [-0.39, 0.29) is 0 Å². The molecule has 5 heteroatoms. The quantitative estimate of drug-likeness (QED) is 0.717. The predicted molar refractivity (Wildman–Crippen MR) is 100 cm³/mol. The van der Waals surface area contributed by atoms with Gasteiger partial charge in [0.05, 0.1) is 5.69 Å². The maximum absolute atomic E-state index is 4.66. The van der Waals surface area contributed by atoms with Crippen LogP contribution >= 0.6 is 11.3 Å². The van der Waals surface area contributed by atoms with Gasteiger partial charge in [0.25, 0.3) is 0 Å². The van der Waals surface area contributed by atoms with E-state index in [2.05, 4.69) is 57.1 Å². The SMILES string of the molecule is CCCNCCc1csc(Nc2ccc(N3CCCC3)cc2)n1. The van der Waals surface area contributed by atoms with Crippen LogP contribution in [0.25, 0.3) is 0 Å². The summed E-state index contributed by atoms with van der Waals surface area (Å²) in [5.41, 5.74) is 3.60. The molecule has 1 aromatic heterocycles. The molecule has 4 nitrogen and oxygen atoms in total. The summed E-state index contributed by atoms with van der Waals surface area (Å²) >= 11 is 1.68. The molecule has 2 N–H and O–H groups in total. The fourth-order valence-electron chi connectivity index (χ4n) is 2.85. The molecule has 1 aliphatic rings. The summed E-state index contributed by atoms with van der Waals surface area (Å²) in [7, 11) is 0. The van der Waals surface area contributed by atoms with E-state index in [0.717, 1.165) is 36.0 Å². The van der Waals surface area contributed by atoms with Gasteiger partial charge >= 0.3 is 0 Å². The van der Waals surface area contributed by atoms with Crippen molar-refractivity contribution in [3.05, 3.63) is 35.3 Å². The molecule has 0 amide bonds. The Bertz CT molecular complexity index is 587. The first-order valence-corrected chi connectivity index (χ1v) is 9.50. The van der Waals surface area contributed by atoms with Gasteiger partial charge in [0, 0.05) is 42.8 Å². The highest BCUT2D eigenvalue weighted by molar-refractivity contribution is 7.13. The number of aromatic nitrogens is 1. The molecule has 0 radical (unpaired) electrons. The van der Waals surface area contributed by atoms with Gasteiger partial charge < -0.3 is 15.5 Å². The zero-order chi connectivity index (χ0) is 15.9. The number of rotatable bonds is 8. The van der Waals surface area contributed by atoms with Crippen molar-refractivity contribution in [1.29, 1.82) is 0 Å². The van der Waals surface area contributed by atoms with Crippen molar-refractivity contribution in [2.45, 2.75) is 32.6 Å². The lowest BCUT2D eigenvalue weighted by atomic mass is 10.2. The predicted octanol–water partition coefficient (Wildman–Crippen LogP) is 4.03. The largest absolute Gasteiger partial charge is 0.372 e. The second-order valence-electron chi connectivity index (χ2n) is 6.01. The molecular weight excluding hydrogens is 304 g/mol. The van der Waals surface area contributed by atoms with Crippen molar-refractivity contribution >= 4 is 27.8 Å². The first kappa shape index (κ1) is 16.3. The topological polar surface area (TPSA) is 40.2 Å². The normalized spacial score (nSPS) is 14.4. The molecule has 0 unspecified atom stereocenters. The number of hydrogen-bond donors (Lipinski definition) is 2. The number of nitrogens with one attached hydrogen (secondary N) is 2. The van der Waals surface area contributed by atoms with Gasteiger partial charge in [-0.15, -0.1) is 11.3 Å². The fraction of sp³-hybridized carbons (Fsp3) is 0.500. The summed E-state index contributed by atoms with van der Waals surface area (Å²) in [5, 5.41) is 9.95. The van der Waals surface area contributed by atoms with Crippen molar-refractivity contribution in [3.8, 4) is 0 Å². The van der Waals surface area contributed by atoms with Crippen LogP contribution in [0, 0.1) is 0 Å². The minimum atomic E-state index is 0.976. The van der Waals surface area contributed by atoms with Gasteiger partial charge in [0.15, 0.2) is 5.13 Å². The summed E-state index contributed by atoms with van der Waals surface area (Å²) in [6, 6.07) is 8.71. The highest BCUT2D eigenvalue weighted by Crippen LogP contribution is 2.25. The Labute approximate surface area is 142 Å². The molecule has 1 aromatic carbocycles. The molecule has 3 rings (SSSR count). The minimum Gasteiger partial charge on any atom is -0.372 e. The van der Waals surface area contributed by atoms with Gasteiger partial charge in [-0.1, -0.05) is 6.92 Å². The van der Waals surface area contributed by atoms with Gasteiger partial charge in [-0.05, 0) is 50.1 Å². The fourth-order valence-corrected chi connectivity index (χ4v) is 3.62. The molecule has 1 aliphatic heterocycles. The van der Waals surface area contributed by atoms with E-state index in [1.165, 1.54) is 38.0 Å². The number of nitrogens with zero attached hydrogens (tertiary/aromatic N) is 2. The Kier molecular flexibility index (Phi) is 5.88. The van der Waals surface area contributed by atoms with E-state index < -0.39 is 0 Å². The van der Waals surface area contributed by atoms with Crippen LogP contribution in [0.4, 0.5) is 16.5 Å². The third-order valence-corrected chi connectivity index (χ3v) is 4.93. The Morgan fingerprint density at radius 3 is 2.65 bits per heavy atom. The first-order chi connectivity index (χ1) is 11.3. The molecule has 2 aromatic rings. The van der Waals surface area contributed by atoms with Crippen LogP contribution in [0.15, 0.2) is 29.6 Å². The van der Waals surface area contributed by atoms with Crippen LogP contribution in [0.5, 0.6) is 0 Å². The van der Waals surface area contributed by atoms with E-state index >= 15 is 0 Å². The molecule has 0 aliphatic carbocycles. The number of benzene rings is 1. The van der Waals surface area contributed by atoms with E-state index in [4.69, 9.17) is 0 Å². The zero-order valence-corrected chi connectivity index (χ0v) is 14.7. The van der Waals surface area contributed by atoms with Gasteiger partial charge in [-0.2, -0.15) is 0 Å². The van der Waals surface area contributed by atoms with Crippen molar-refractivity contribution < 1.29 is 0 Å². The summed E-state index contributed by atoms with van der Waals surface area (Å²) in [6.45, 7) is 6.65. The lowest BCUT2D eigenvalue weighted by Gasteiger charge is -2.17. The summed E-state index contributed by atoms with van der Waals surface area (Å²) in [5.74, 6) is 0. The van der Waals surface area contributed by atoms with E-state index in [9.17, 15) is 0 Å². The van der Waals surface area contributed by atoms with Crippen LogP contribution < -0.4 is 15.5 Å². The van der Waals surface area contributed by atoms with Crippen molar-refractivity contribution in [2.75, 3.05) is 36.4 Å². The minimum absolute atomic E-state index is 0.976. The van der Waals surface area contributed by atoms with Gasteiger partial charge in [0.1, 0.15) is 0 Å². The number of thiazole rings is 1. The van der Waals surface area contributed by atoms with Gasteiger partial charge in [0.2, 0.25) is 0 Å². The van der Waals surface area contributed by atoms with Gasteiger partial charge in [-0.3, -0.25) is 0 Å². The third-order valence-electron chi connectivity index (χ3n) is 4.13. The standard InChI is InChI=1S/C18H26N4S/c1-2-10-19-11-9-16-14-23-18(21-16)20-15-5-7-17(8-6-15)22-12-3-4-13-22/h5-8,14,19H,2-4,9-13H2,1H3,(H,20,21). The smallest absolute Gasteiger partial charge is 0.187 e. The van der Waals surface area contributed by atoms with E-state index in [0.29, 0.717) is 0 Å². The monoisotopic (exact) mass is 330 g/mol. The lowest BCUT2D eigenvalue weighted by molar-refractivity contribution is 0.667. The van der Waals surface area contributed by atoms with Crippen molar-refractivity contribution in [2.24, 2.45) is 0 Å². The maximum Gasteiger partial charge on any atom is 0.187 e. The van der Waals surface area contributed by atoms with Crippen LogP contribution in [-0.2, 0) is 6.42 Å². The molecular formula is C18H26N4S. The average Bonchev–Trinajstić information content (AvgIpc) is 3.24. The van der Waals surface area contributed by atoms with Crippen molar-refractivity contribution in [3.63, 3.8) is 0 Å². The molecule has 1 fully saturated rings. The lowest BCUT2D eigenvalue weighted by Crippen LogP contribution is -2.17. The highest BCUT2D eigenvalue weighted by atomic mass is 32.1. The molecule has 124 valence electrons. The molecule has 2 heterocycles. The van der Waals surface area contributed by atoms with Crippen LogP contribution in [-0.4, -0.2) is 31.2 Å². The van der Waals surface area contributed by atoms with Gasteiger partial charge in [-0.25, -0.2) is 4.98 Å². The molecule has 0 bridgehead atoms. The zero-order valence-electron chi connectivity index (χ0n) is 13.8. The third kappa shape index (κ3) is 4.69. The summed E-state index contributed by atoms with van der Waals surface area (Å²) in [4.78, 5) is 7.11. The maximum atomic E-state index is 4.66. The number of hydrogen-bond acceptors (Lipinski definition) is 5. The second kappa shape index (κ2) is 8.31. The highest BCUT2D eigenvalue weighted by Gasteiger charge is 2.11. The van der Waals surface area contributed by atoms with Crippen molar-refractivity contribution in [1.82, 2.24) is 10.3 Å². The first-order valence-electron chi connectivity index (χ1n) is 8.62. The Hall–Kier alpha value is -1.59. The van der Waals surface area contributed by atoms with E-state index in [1.807, 2.05) is 0 Å². The molecule has 0 spiro atoms. The summed E-state index contributed by atoms with van der Waals surface area (Å²) in [6.07, 6.45) is 4.80. The van der Waals surface area contributed by atoms with Crippen LogP contribution in [0.2, 0.25) is 0 Å². The molecule has 0 saturated carbocycles. The Morgan fingerprint density at radius 1 is 1.13 bits per heavy atom. The van der Waals surface area contributed by atoms with Crippen LogP contribution in [0.3, 0.4) is 0 Å². The van der Waals surface area contributed by atoms with Crippen LogP contribution in [0.1, 0.15) is 31.9 Å². The van der Waals surface area contributed by atoms with E-state index in [1.54, 1.807) is 11.3 Å². The summed E-state index contributed by atoms with van der Waals surface area (Å²) < 4.78 is 0. The Balaban J connectivity index is 1.51. The molecule has 23 heavy (non-hydrogen) atoms. The Morgan fingerprint density at radius 2 is 1.91 bits per heavy atom. The molecule has 1 saturated heterocycles. The number of anilines is 3.